The molecule has 1 unspecified atom stereocenters. The molecule has 1 atom stereocenters. The molecule has 0 aliphatic carbocycles. The first-order valence-electron chi connectivity index (χ1n) is 5.56. The summed E-state index contributed by atoms with van der Waals surface area (Å²) >= 11 is 0. The Labute approximate surface area is 107 Å². The van der Waals surface area contributed by atoms with Gasteiger partial charge in [0.25, 0.3) is 0 Å². The second-order valence-electron chi connectivity index (χ2n) is 4.06. The molecule has 1 rings (SSSR count). The molecule has 1 aromatic heterocycles. The van der Waals surface area contributed by atoms with Gasteiger partial charge < -0.3 is 9.84 Å². The number of hydrogen-bond acceptors (Lipinski definition) is 5. The summed E-state index contributed by atoms with van der Waals surface area (Å²) in [5.74, 6) is 0. The number of aromatic amines is 1. The van der Waals surface area contributed by atoms with Crippen LogP contribution in [0.2, 0.25) is 0 Å². The standard InChI is InChI=1S/C10H19N3O4S/c1-7-10(8(2)13-12-7)18(15,16)11-5-4-9(14)6-17-3/h9,11,14H,4-6H2,1-3H3,(H,12,13). The van der Waals surface area contributed by atoms with Gasteiger partial charge in [-0.1, -0.05) is 0 Å². The first kappa shape index (κ1) is 15.1. The number of aryl methyl sites for hydroxylation is 2. The molecule has 1 aromatic rings. The highest BCUT2D eigenvalue weighted by molar-refractivity contribution is 7.89. The lowest BCUT2D eigenvalue weighted by atomic mass is 10.3. The van der Waals surface area contributed by atoms with Crippen molar-refractivity contribution in [2.75, 3.05) is 20.3 Å². The number of hydrogen-bond donors (Lipinski definition) is 3. The lowest BCUT2D eigenvalue weighted by Crippen LogP contribution is -2.29. The molecule has 104 valence electrons. The number of aliphatic hydroxyl groups excluding tert-OH is 1. The van der Waals surface area contributed by atoms with E-state index in [2.05, 4.69) is 14.9 Å². The van der Waals surface area contributed by atoms with E-state index >= 15 is 0 Å². The summed E-state index contributed by atoms with van der Waals surface area (Å²) in [5.41, 5.74) is 0.926. The van der Waals surface area contributed by atoms with Gasteiger partial charge >= 0.3 is 0 Å². The zero-order chi connectivity index (χ0) is 13.8. The number of nitrogens with zero attached hydrogens (tertiary/aromatic N) is 1. The van der Waals surface area contributed by atoms with Crippen LogP contribution in [0.3, 0.4) is 0 Å². The van der Waals surface area contributed by atoms with Crippen molar-refractivity contribution < 1.29 is 18.3 Å². The minimum atomic E-state index is -3.58. The summed E-state index contributed by atoms with van der Waals surface area (Å²) in [4.78, 5) is 0.170. The molecule has 1 heterocycles. The number of nitrogens with one attached hydrogen (secondary N) is 2. The van der Waals surface area contributed by atoms with Gasteiger partial charge in [0.05, 0.1) is 24.1 Å². The molecular weight excluding hydrogens is 258 g/mol. The van der Waals surface area contributed by atoms with Crippen molar-refractivity contribution in [1.82, 2.24) is 14.9 Å². The third-order valence-corrected chi connectivity index (χ3v) is 4.18. The van der Waals surface area contributed by atoms with E-state index in [1.165, 1.54) is 7.11 Å². The predicted molar refractivity (Wildman–Crippen MR) is 65.8 cm³/mol. The van der Waals surface area contributed by atoms with Crippen LogP contribution >= 0.6 is 0 Å². The van der Waals surface area contributed by atoms with Crippen molar-refractivity contribution in [3.05, 3.63) is 11.4 Å². The molecule has 0 bridgehead atoms. The van der Waals surface area contributed by atoms with E-state index < -0.39 is 16.1 Å². The van der Waals surface area contributed by atoms with E-state index in [1.807, 2.05) is 0 Å². The van der Waals surface area contributed by atoms with Crippen LogP contribution in [0.5, 0.6) is 0 Å². The quantitative estimate of drug-likeness (QED) is 0.635. The van der Waals surface area contributed by atoms with Crippen molar-refractivity contribution in [1.29, 1.82) is 0 Å². The maximum Gasteiger partial charge on any atom is 0.244 e. The Balaban J connectivity index is 2.61. The lowest BCUT2D eigenvalue weighted by Gasteiger charge is -2.10. The molecule has 18 heavy (non-hydrogen) atoms. The van der Waals surface area contributed by atoms with Gasteiger partial charge in [0.1, 0.15) is 4.90 Å². The summed E-state index contributed by atoms with van der Waals surface area (Å²) in [6.45, 7) is 3.61. The van der Waals surface area contributed by atoms with Gasteiger partial charge in [-0.2, -0.15) is 5.10 Å². The van der Waals surface area contributed by atoms with Gasteiger partial charge in [-0.15, -0.1) is 0 Å². The largest absolute Gasteiger partial charge is 0.391 e. The fourth-order valence-electron chi connectivity index (χ4n) is 1.64. The fourth-order valence-corrected chi connectivity index (χ4v) is 3.06. The molecule has 0 radical (unpaired) electrons. The number of H-pyrrole nitrogens is 1. The Bertz CT molecular complexity index is 464. The van der Waals surface area contributed by atoms with Crippen LogP contribution in [-0.4, -0.2) is 50.1 Å². The average Bonchev–Trinajstić information content (AvgIpc) is 2.59. The maximum absolute atomic E-state index is 12.0. The number of ether oxygens (including phenoxy) is 1. The Kier molecular flexibility index (Phi) is 5.27. The zero-order valence-electron chi connectivity index (χ0n) is 10.7. The monoisotopic (exact) mass is 277 g/mol. The highest BCUT2D eigenvalue weighted by Crippen LogP contribution is 2.15. The highest BCUT2D eigenvalue weighted by Gasteiger charge is 2.21. The van der Waals surface area contributed by atoms with E-state index in [0.717, 1.165) is 0 Å². The van der Waals surface area contributed by atoms with Crippen molar-refractivity contribution in [3.63, 3.8) is 0 Å². The Hall–Kier alpha value is -0.960. The van der Waals surface area contributed by atoms with E-state index in [-0.39, 0.29) is 18.0 Å². The first-order valence-corrected chi connectivity index (χ1v) is 7.05. The Morgan fingerprint density at radius 3 is 2.67 bits per heavy atom. The normalized spacial score (nSPS) is 13.8. The summed E-state index contributed by atoms with van der Waals surface area (Å²) in [5, 5.41) is 15.9. The summed E-state index contributed by atoms with van der Waals surface area (Å²) in [6, 6.07) is 0. The first-order chi connectivity index (χ1) is 8.38. The summed E-state index contributed by atoms with van der Waals surface area (Å²) in [6.07, 6.45) is -0.382. The molecule has 7 nitrogen and oxygen atoms in total. The van der Waals surface area contributed by atoms with Crippen LogP contribution in [0.25, 0.3) is 0 Å². The van der Waals surface area contributed by atoms with Crippen LogP contribution in [0, 0.1) is 13.8 Å². The molecule has 0 aliphatic rings. The second-order valence-corrected chi connectivity index (χ2v) is 5.76. The maximum atomic E-state index is 12.0. The molecule has 0 aromatic carbocycles. The zero-order valence-corrected chi connectivity index (χ0v) is 11.5. The molecule has 0 amide bonds. The Morgan fingerprint density at radius 1 is 1.50 bits per heavy atom. The number of aromatic nitrogens is 2. The van der Waals surface area contributed by atoms with Gasteiger partial charge in [-0.3, -0.25) is 5.10 Å². The van der Waals surface area contributed by atoms with Crippen molar-refractivity contribution >= 4 is 10.0 Å². The van der Waals surface area contributed by atoms with Crippen molar-refractivity contribution in [3.8, 4) is 0 Å². The second kappa shape index (κ2) is 6.28. The average molecular weight is 277 g/mol. The van der Waals surface area contributed by atoms with Crippen molar-refractivity contribution in [2.45, 2.75) is 31.3 Å². The van der Waals surface area contributed by atoms with E-state index in [9.17, 15) is 13.5 Å². The fraction of sp³-hybridized carbons (Fsp3) is 0.700. The number of sulfonamides is 1. The predicted octanol–water partition coefficient (Wildman–Crippen LogP) is -0.298. The van der Waals surface area contributed by atoms with Crippen LogP contribution in [0.15, 0.2) is 4.90 Å². The molecule has 0 fully saturated rings. The number of rotatable bonds is 7. The van der Waals surface area contributed by atoms with Crippen LogP contribution in [0.1, 0.15) is 17.8 Å². The van der Waals surface area contributed by atoms with Crippen molar-refractivity contribution in [2.24, 2.45) is 0 Å². The lowest BCUT2D eigenvalue weighted by molar-refractivity contribution is 0.0603. The highest BCUT2D eigenvalue weighted by atomic mass is 32.2. The molecule has 0 saturated carbocycles. The summed E-state index contributed by atoms with van der Waals surface area (Å²) < 4.78 is 31.2. The van der Waals surface area contributed by atoms with E-state index in [4.69, 9.17) is 4.74 Å². The molecule has 0 aliphatic heterocycles. The molecule has 3 N–H and O–H groups in total. The minimum Gasteiger partial charge on any atom is -0.391 e. The Morgan fingerprint density at radius 2 is 2.17 bits per heavy atom. The SMILES string of the molecule is COCC(O)CCNS(=O)(=O)c1c(C)n[nH]c1C. The van der Waals surface area contributed by atoms with Gasteiger partial charge in [0.15, 0.2) is 0 Å². The molecule has 0 saturated heterocycles. The number of methoxy groups -OCH3 is 1. The smallest absolute Gasteiger partial charge is 0.244 e. The molecular formula is C10H19N3O4S. The van der Waals surface area contributed by atoms with Gasteiger partial charge in [0.2, 0.25) is 10.0 Å². The third kappa shape index (κ3) is 3.77. The van der Waals surface area contributed by atoms with E-state index in [0.29, 0.717) is 17.8 Å². The number of aliphatic hydroxyl groups is 1. The van der Waals surface area contributed by atoms with Crippen LogP contribution in [-0.2, 0) is 14.8 Å². The summed E-state index contributed by atoms with van der Waals surface area (Å²) in [7, 11) is -2.11. The molecule has 0 spiro atoms. The van der Waals surface area contributed by atoms with Crippen LogP contribution < -0.4 is 4.72 Å². The van der Waals surface area contributed by atoms with Gasteiger partial charge in [-0.05, 0) is 20.3 Å². The van der Waals surface area contributed by atoms with Gasteiger partial charge in [0, 0.05) is 13.7 Å². The van der Waals surface area contributed by atoms with Crippen LogP contribution in [0.4, 0.5) is 0 Å². The topological polar surface area (TPSA) is 104 Å². The third-order valence-electron chi connectivity index (χ3n) is 2.46. The van der Waals surface area contributed by atoms with Gasteiger partial charge in [-0.25, -0.2) is 13.1 Å². The molecule has 8 heteroatoms. The minimum absolute atomic E-state index is 0.150. The van der Waals surface area contributed by atoms with E-state index in [1.54, 1.807) is 13.8 Å².